The van der Waals surface area contributed by atoms with Crippen LogP contribution < -0.4 is 11.3 Å². The lowest BCUT2D eigenvalue weighted by atomic mass is 10.3. The summed E-state index contributed by atoms with van der Waals surface area (Å²) in [7, 11) is -3.58. The van der Waals surface area contributed by atoms with E-state index >= 15 is 0 Å². The predicted octanol–water partition coefficient (Wildman–Crippen LogP) is 1.18. The van der Waals surface area contributed by atoms with Crippen LogP contribution in [0.15, 0.2) is 23.4 Å². The molecule has 7 heteroatoms. The summed E-state index contributed by atoms with van der Waals surface area (Å²) in [6.07, 6.45) is 3.56. The molecule has 0 aliphatic heterocycles. The monoisotopic (exact) mass is 272 g/mol. The number of hydrogen-bond acceptors (Lipinski definition) is 5. The molecule has 0 spiro atoms. The third kappa shape index (κ3) is 2.80. The van der Waals surface area contributed by atoms with E-state index in [9.17, 15) is 8.42 Å². The number of hydrogen-bond donors (Lipinski definition) is 2. The van der Waals surface area contributed by atoms with E-state index < -0.39 is 10.0 Å². The number of anilines is 1. The average Bonchev–Trinajstić information content (AvgIpc) is 2.38. The molecule has 0 amide bonds. The molecule has 0 radical (unpaired) electrons. The zero-order chi connectivity index (χ0) is 13.8. The Hall–Kier alpha value is -1.18. The molecular formula is C11H20N4O2S. The van der Waals surface area contributed by atoms with Gasteiger partial charge in [0.1, 0.15) is 4.90 Å². The molecule has 0 fully saturated rings. The second-order valence-corrected chi connectivity index (χ2v) is 5.84. The van der Waals surface area contributed by atoms with Crippen LogP contribution in [-0.4, -0.2) is 30.3 Å². The van der Waals surface area contributed by atoms with Gasteiger partial charge in [0.15, 0.2) is 0 Å². The maximum Gasteiger partial charge on any atom is 0.246 e. The molecule has 0 bridgehead atoms. The van der Waals surface area contributed by atoms with Gasteiger partial charge in [-0.1, -0.05) is 13.8 Å². The highest BCUT2D eigenvalue weighted by molar-refractivity contribution is 7.89. The molecule has 0 saturated heterocycles. The van der Waals surface area contributed by atoms with Gasteiger partial charge in [-0.05, 0) is 19.4 Å². The predicted molar refractivity (Wildman–Crippen MR) is 71.4 cm³/mol. The zero-order valence-corrected chi connectivity index (χ0v) is 11.7. The molecule has 0 saturated carbocycles. The first-order chi connectivity index (χ1) is 8.48. The second-order valence-electron chi connectivity index (χ2n) is 3.98. The first-order valence-electron chi connectivity index (χ1n) is 5.91. The maximum atomic E-state index is 12.5. The van der Waals surface area contributed by atoms with Crippen LogP contribution in [-0.2, 0) is 10.0 Å². The lowest BCUT2D eigenvalue weighted by Gasteiger charge is -2.26. The maximum absolute atomic E-state index is 12.5. The highest BCUT2D eigenvalue weighted by Gasteiger charge is 2.29. The Morgan fingerprint density at radius 2 is 2.17 bits per heavy atom. The molecule has 1 heterocycles. The molecule has 1 atom stereocenters. The van der Waals surface area contributed by atoms with Crippen LogP contribution >= 0.6 is 0 Å². The van der Waals surface area contributed by atoms with Gasteiger partial charge in [-0.25, -0.2) is 8.42 Å². The molecule has 3 N–H and O–H groups in total. The fraction of sp³-hybridized carbons (Fsp3) is 0.545. The van der Waals surface area contributed by atoms with E-state index in [1.54, 1.807) is 0 Å². The molecule has 1 aromatic rings. The van der Waals surface area contributed by atoms with Crippen molar-refractivity contribution in [1.29, 1.82) is 0 Å². The number of nitrogens with one attached hydrogen (secondary N) is 1. The van der Waals surface area contributed by atoms with Crippen molar-refractivity contribution in [3.8, 4) is 0 Å². The molecule has 1 unspecified atom stereocenters. The Labute approximate surface area is 108 Å². The lowest BCUT2D eigenvalue weighted by Crippen LogP contribution is -2.38. The minimum absolute atomic E-state index is 0.0640. The van der Waals surface area contributed by atoms with E-state index in [0.29, 0.717) is 12.2 Å². The normalized spacial score (nSPS) is 13.6. The van der Waals surface area contributed by atoms with E-state index in [0.717, 1.165) is 6.42 Å². The van der Waals surface area contributed by atoms with Gasteiger partial charge >= 0.3 is 0 Å². The Morgan fingerprint density at radius 3 is 2.67 bits per heavy atom. The number of nitrogen functional groups attached to an aromatic ring is 1. The van der Waals surface area contributed by atoms with Gasteiger partial charge < -0.3 is 5.43 Å². The first-order valence-corrected chi connectivity index (χ1v) is 7.35. The van der Waals surface area contributed by atoms with Crippen LogP contribution in [0.25, 0.3) is 0 Å². The van der Waals surface area contributed by atoms with Crippen LogP contribution in [0.2, 0.25) is 0 Å². The average molecular weight is 272 g/mol. The molecule has 6 nitrogen and oxygen atoms in total. The summed E-state index contributed by atoms with van der Waals surface area (Å²) >= 11 is 0. The number of sulfonamides is 1. The summed E-state index contributed by atoms with van der Waals surface area (Å²) in [5.74, 6) is 5.34. The van der Waals surface area contributed by atoms with Crippen molar-refractivity contribution in [3.05, 3.63) is 18.5 Å². The first kappa shape index (κ1) is 14.9. The van der Waals surface area contributed by atoms with Gasteiger partial charge in [0, 0.05) is 25.0 Å². The number of pyridine rings is 1. The van der Waals surface area contributed by atoms with Crippen LogP contribution in [0.4, 0.5) is 5.69 Å². The Kier molecular flexibility index (Phi) is 5.06. The standard InChI is InChI=1S/C11H20N4O2S/c1-4-9(3)15(5-2)18(16,17)11-8-13-7-6-10(11)14-12/h6-9H,4-5,12H2,1-3H3,(H,13,14). The van der Waals surface area contributed by atoms with Gasteiger partial charge in [-0.3, -0.25) is 10.8 Å². The minimum atomic E-state index is -3.58. The summed E-state index contributed by atoms with van der Waals surface area (Å²) in [4.78, 5) is 3.97. The Morgan fingerprint density at radius 1 is 1.50 bits per heavy atom. The Bertz CT molecular complexity index is 490. The summed E-state index contributed by atoms with van der Waals surface area (Å²) in [5.41, 5.74) is 2.75. The van der Waals surface area contributed by atoms with E-state index in [1.807, 2.05) is 20.8 Å². The third-order valence-corrected chi connectivity index (χ3v) is 5.04. The fourth-order valence-electron chi connectivity index (χ4n) is 1.75. The van der Waals surface area contributed by atoms with Crippen LogP contribution in [0.5, 0.6) is 0 Å². The van der Waals surface area contributed by atoms with Gasteiger partial charge in [0.25, 0.3) is 0 Å². The summed E-state index contributed by atoms with van der Waals surface area (Å²) < 4.78 is 26.5. The molecule has 0 aliphatic carbocycles. The van der Waals surface area contributed by atoms with E-state index in [-0.39, 0.29) is 10.9 Å². The highest BCUT2D eigenvalue weighted by atomic mass is 32.2. The van der Waals surface area contributed by atoms with Crippen molar-refractivity contribution in [3.63, 3.8) is 0 Å². The number of nitrogens with two attached hydrogens (primary N) is 1. The number of hydrazine groups is 1. The second kappa shape index (κ2) is 6.12. The van der Waals surface area contributed by atoms with Crippen LogP contribution in [0, 0.1) is 0 Å². The largest absolute Gasteiger partial charge is 0.323 e. The SMILES string of the molecule is CCC(C)N(CC)S(=O)(=O)c1cnccc1NN. The fourth-order valence-corrected chi connectivity index (χ4v) is 3.57. The quantitative estimate of drug-likeness (QED) is 0.599. The van der Waals surface area contributed by atoms with Crippen molar-refractivity contribution in [1.82, 2.24) is 9.29 Å². The molecule has 18 heavy (non-hydrogen) atoms. The smallest absolute Gasteiger partial charge is 0.246 e. The van der Waals surface area contributed by atoms with Gasteiger partial charge in [0.05, 0.1) is 5.69 Å². The van der Waals surface area contributed by atoms with Crippen molar-refractivity contribution in [2.45, 2.75) is 38.1 Å². The van der Waals surface area contributed by atoms with Crippen LogP contribution in [0.1, 0.15) is 27.2 Å². The third-order valence-electron chi connectivity index (χ3n) is 2.92. The van der Waals surface area contributed by atoms with Gasteiger partial charge in [-0.2, -0.15) is 4.31 Å². The molecule has 0 aromatic carbocycles. The molecule has 1 aromatic heterocycles. The van der Waals surface area contributed by atoms with Crippen molar-refractivity contribution >= 4 is 15.7 Å². The minimum Gasteiger partial charge on any atom is -0.323 e. The van der Waals surface area contributed by atoms with Crippen molar-refractivity contribution < 1.29 is 8.42 Å². The summed E-state index contributed by atoms with van der Waals surface area (Å²) in [6.45, 7) is 6.06. The number of aromatic nitrogens is 1. The van der Waals surface area contributed by atoms with E-state index in [1.165, 1.54) is 22.8 Å². The van der Waals surface area contributed by atoms with E-state index in [2.05, 4.69) is 10.4 Å². The molecule has 102 valence electrons. The lowest BCUT2D eigenvalue weighted by molar-refractivity contribution is 0.342. The van der Waals surface area contributed by atoms with Crippen molar-refractivity contribution in [2.75, 3.05) is 12.0 Å². The summed E-state index contributed by atoms with van der Waals surface area (Å²) in [5, 5.41) is 0. The Balaban J connectivity index is 3.27. The van der Waals surface area contributed by atoms with Crippen LogP contribution in [0.3, 0.4) is 0 Å². The van der Waals surface area contributed by atoms with Gasteiger partial charge in [0.2, 0.25) is 10.0 Å². The molecular weight excluding hydrogens is 252 g/mol. The highest BCUT2D eigenvalue weighted by Crippen LogP contribution is 2.24. The molecule has 1 rings (SSSR count). The number of rotatable bonds is 6. The van der Waals surface area contributed by atoms with Crippen molar-refractivity contribution in [2.24, 2.45) is 5.84 Å². The summed E-state index contributed by atoms with van der Waals surface area (Å²) in [6, 6.07) is 1.47. The van der Waals surface area contributed by atoms with E-state index in [4.69, 9.17) is 5.84 Å². The van der Waals surface area contributed by atoms with Gasteiger partial charge in [-0.15, -0.1) is 0 Å². The zero-order valence-electron chi connectivity index (χ0n) is 10.9. The topological polar surface area (TPSA) is 88.3 Å². The number of nitrogens with zero attached hydrogens (tertiary/aromatic N) is 2. The molecule has 0 aliphatic rings.